The molecule has 3 rings (SSSR count). The van der Waals surface area contributed by atoms with Gasteiger partial charge in [-0.15, -0.1) is 0 Å². The summed E-state index contributed by atoms with van der Waals surface area (Å²) in [4.78, 5) is 39.7. The zero-order valence-electron chi connectivity index (χ0n) is 15.1. The van der Waals surface area contributed by atoms with Crippen LogP contribution in [0.5, 0.6) is 0 Å². The molecule has 0 atom stereocenters. The van der Waals surface area contributed by atoms with Gasteiger partial charge in [-0.05, 0) is 42.0 Å². The summed E-state index contributed by atoms with van der Waals surface area (Å²) in [6, 6.07) is 13.0. The Balaban J connectivity index is 1.73. The molecule has 0 radical (unpaired) electrons. The summed E-state index contributed by atoms with van der Waals surface area (Å²) in [5, 5.41) is 14.3. The molecule has 3 aromatic rings. The molecule has 1 aromatic heterocycles. The van der Waals surface area contributed by atoms with Crippen LogP contribution in [0.4, 0.5) is 15.8 Å². The smallest absolute Gasteiger partial charge is 0.335 e. The fraction of sp³-hybridized carbons (Fsp3) is 0.0476. The van der Waals surface area contributed by atoms with Crippen molar-refractivity contribution < 1.29 is 23.9 Å². The highest BCUT2D eigenvalue weighted by molar-refractivity contribution is 6.05. The van der Waals surface area contributed by atoms with Crippen molar-refractivity contribution in [3.8, 4) is 0 Å². The van der Waals surface area contributed by atoms with Crippen LogP contribution in [0, 0.1) is 5.82 Å². The van der Waals surface area contributed by atoms with E-state index in [0.717, 1.165) is 6.07 Å². The fourth-order valence-corrected chi connectivity index (χ4v) is 2.67. The number of aromatic carboxylic acids is 1. The molecule has 0 bridgehead atoms. The minimum atomic E-state index is -1.13. The number of pyridine rings is 1. The number of carboxylic acid groups (broad SMARTS) is 1. The highest BCUT2D eigenvalue weighted by Gasteiger charge is 2.16. The van der Waals surface area contributed by atoms with Gasteiger partial charge in [-0.25, -0.2) is 9.18 Å². The van der Waals surface area contributed by atoms with E-state index in [1.807, 2.05) is 0 Å². The molecule has 0 saturated carbocycles. The molecule has 3 N–H and O–H groups in total. The summed E-state index contributed by atoms with van der Waals surface area (Å²) in [6.45, 7) is 0. The summed E-state index contributed by atoms with van der Waals surface area (Å²) in [6.07, 6.45) is 2.77. The lowest BCUT2D eigenvalue weighted by Gasteiger charge is -2.10. The number of amides is 2. The van der Waals surface area contributed by atoms with Gasteiger partial charge in [0.1, 0.15) is 5.82 Å². The summed E-state index contributed by atoms with van der Waals surface area (Å²) in [5.74, 6) is -3.07. The van der Waals surface area contributed by atoms with E-state index in [0.29, 0.717) is 11.3 Å². The van der Waals surface area contributed by atoms with Crippen molar-refractivity contribution in [2.24, 2.45) is 0 Å². The number of carboxylic acids is 1. The van der Waals surface area contributed by atoms with E-state index in [2.05, 4.69) is 15.6 Å². The Bertz CT molecular complexity index is 1070. The Kier molecular flexibility index (Phi) is 5.94. The Hall–Kier alpha value is -4.07. The van der Waals surface area contributed by atoms with Crippen molar-refractivity contribution >= 4 is 29.2 Å². The number of carbonyl (C=O) groups excluding carboxylic acids is 2. The van der Waals surface area contributed by atoms with Gasteiger partial charge in [0.15, 0.2) is 0 Å². The SMILES string of the molecule is O=C(Cc1ccccc1C(=O)O)Nc1ccc(F)c(C(=O)Nc2cccnc2)c1. The van der Waals surface area contributed by atoms with Gasteiger partial charge in [0.05, 0.1) is 29.4 Å². The van der Waals surface area contributed by atoms with Gasteiger partial charge in [-0.1, -0.05) is 18.2 Å². The number of hydrogen-bond acceptors (Lipinski definition) is 4. The van der Waals surface area contributed by atoms with E-state index in [-0.39, 0.29) is 23.2 Å². The molecule has 0 aliphatic rings. The number of hydrogen-bond donors (Lipinski definition) is 3. The maximum Gasteiger partial charge on any atom is 0.335 e. The first-order chi connectivity index (χ1) is 13.9. The number of nitrogens with one attached hydrogen (secondary N) is 2. The predicted octanol–water partition coefficient (Wildman–Crippen LogP) is 3.35. The molecule has 0 aliphatic heterocycles. The maximum absolute atomic E-state index is 14.1. The summed E-state index contributed by atoms with van der Waals surface area (Å²) >= 11 is 0. The molecule has 2 aromatic carbocycles. The topological polar surface area (TPSA) is 108 Å². The molecule has 146 valence electrons. The van der Waals surface area contributed by atoms with E-state index in [1.165, 1.54) is 30.6 Å². The second-order valence-corrected chi connectivity index (χ2v) is 6.08. The van der Waals surface area contributed by atoms with E-state index in [4.69, 9.17) is 0 Å². The van der Waals surface area contributed by atoms with Gasteiger partial charge in [0.2, 0.25) is 5.91 Å². The van der Waals surface area contributed by atoms with Crippen molar-refractivity contribution in [2.75, 3.05) is 10.6 Å². The summed E-state index contributed by atoms with van der Waals surface area (Å²) in [5.41, 5.74) is 0.724. The van der Waals surface area contributed by atoms with Crippen LogP contribution in [-0.4, -0.2) is 27.9 Å². The minimum Gasteiger partial charge on any atom is -0.478 e. The number of nitrogens with zero attached hydrogens (tertiary/aromatic N) is 1. The van der Waals surface area contributed by atoms with Gasteiger partial charge in [-0.2, -0.15) is 0 Å². The molecule has 0 fully saturated rings. The molecule has 8 heteroatoms. The Morgan fingerprint density at radius 3 is 2.45 bits per heavy atom. The average Bonchev–Trinajstić information content (AvgIpc) is 2.70. The van der Waals surface area contributed by atoms with Crippen molar-refractivity contribution in [2.45, 2.75) is 6.42 Å². The van der Waals surface area contributed by atoms with Gasteiger partial charge < -0.3 is 15.7 Å². The molecular formula is C21H16FN3O4. The van der Waals surface area contributed by atoms with Gasteiger partial charge >= 0.3 is 5.97 Å². The number of rotatable bonds is 6. The molecular weight excluding hydrogens is 377 g/mol. The van der Waals surface area contributed by atoms with Crippen LogP contribution in [-0.2, 0) is 11.2 Å². The average molecular weight is 393 g/mol. The number of carbonyl (C=O) groups is 3. The third-order valence-corrected chi connectivity index (χ3v) is 4.01. The van der Waals surface area contributed by atoms with Crippen LogP contribution in [0.2, 0.25) is 0 Å². The number of benzene rings is 2. The fourth-order valence-electron chi connectivity index (χ4n) is 2.67. The lowest BCUT2D eigenvalue weighted by atomic mass is 10.0. The molecule has 2 amide bonds. The van der Waals surface area contributed by atoms with E-state index < -0.39 is 23.6 Å². The molecule has 0 saturated heterocycles. The minimum absolute atomic E-state index is 0.0262. The summed E-state index contributed by atoms with van der Waals surface area (Å²) in [7, 11) is 0. The standard InChI is InChI=1S/C21H16FN3O4/c22-18-8-7-14(11-17(18)20(27)25-15-5-3-9-23-12-15)24-19(26)10-13-4-1-2-6-16(13)21(28)29/h1-9,11-12H,10H2,(H,24,26)(H,25,27)(H,28,29). The van der Waals surface area contributed by atoms with Crippen LogP contribution >= 0.6 is 0 Å². The van der Waals surface area contributed by atoms with Crippen molar-refractivity contribution in [1.29, 1.82) is 0 Å². The first kappa shape index (κ1) is 19.7. The lowest BCUT2D eigenvalue weighted by Crippen LogP contribution is -2.18. The second-order valence-electron chi connectivity index (χ2n) is 6.08. The molecule has 29 heavy (non-hydrogen) atoms. The Morgan fingerprint density at radius 2 is 1.72 bits per heavy atom. The van der Waals surface area contributed by atoms with Crippen molar-refractivity contribution in [1.82, 2.24) is 4.98 Å². The molecule has 1 heterocycles. The van der Waals surface area contributed by atoms with Crippen LogP contribution in [0.1, 0.15) is 26.3 Å². The number of halogens is 1. The van der Waals surface area contributed by atoms with Crippen LogP contribution in [0.3, 0.4) is 0 Å². The van der Waals surface area contributed by atoms with Gasteiger partial charge in [0.25, 0.3) is 5.91 Å². The molecule has 0 unspecified atom stereocenters. The largest absolute Gasteiger partial charge is 0.478 e. The zero-order chi connectivity index (χ0) is 20.8. The van der Waals surface area contributed by atoms with E-state index in [1.54, 1.807) is 30.3 Å². The summed E-state index contributed by atoms with van der Waals surface area (Å²) < 4.78 is 14.1. The highest BCUT2D eigenvalue weighted by atomic mass is 19.1. The van der Waals surface area contributed by atoms with Crippen LogP contribution < -0.4 is 10.6 Å². The third kappa shape index (κ3) is 5.01. The first-order valence-electron chi connectivity index (χ1n) is 8.56. The molecule has 7 nitrogen and oxygen atoms in total. The number of anilines is 2. The first-order valence-corrected chi connectivity index (χ1v) is 8.56. The lowest BCUT2D eigenvalue weighted by molar-refractivity contribution is -0.115. The van der Waals surface area contributed by atoms with Crippen molar-refractivity contribution in [3.63, 3.8) is 0 Å². The van der Waals surface area contributed by atoms with Crippen molar-refractivity contribution in [3.05, 3.63) is 89.5 Å². The highest BCUT2D eigenvalue weighted by Crippen LogP contribution is 2.18. The zero-order valence-corrected chi connectivity index (χ0v) is 15.1. The second kappa shape index (κ2) is 8.75. The van der Waals surface area contributed by atoms with Crippen LogP contribution in [0.15, 0.2) is 67.0 Å². The normalized spacial score (nSPS) is 10.2. The molecule has 0 aliphatic carbocycles. The predicted molar refractivity (Wildman–Crippen MR) is 104 cm³/mol. The Labute approximate surface area is 165 Å². The van der Waals surface area contributed by atoms with Crippen LogP contribution in [0.25, 0.3) is 0 Å². The van der Waals surface area contributed by atoms with E-state index in [9.17, 15) is 23.9 Å². The monoisotopic (exact) mass is 393 g/mol. The molecule has 0 spiro atoms. The van der Waals surface area contributed by atoms with Gasteiger partial charge in [0, 0.05) is 11.9 Å². The Morgan fingerprint density at radius 1 is 0.931 bits per heavy atom. The maximum atomic E-state index is 14.1. The van der Waals surface area contributed by atoms with Gasteiger partial charge in [-0.3, -0.25) is 14.6 Å². The third-order valence-electron chi connectivity index (χ3n) is 4.01. The van der Waals surface area contributed by atoms with E-state index >= 15 is 0 Å². The quantitative estimate of drug-likeness (QED) is 0.595. The number of aromatic nitrogens is 1.